The predicted molar refractivity (Wildman–Crippen MR) is 106 cm³/mol. The summed E-state index contributed by atoms with van der Waals surface area (Å²) in [5.41, 5.74) is 2.47. The van der Waals surface area contributed by atoms with Crippen LogP contribution in [0.15, 0.2) is 42.5 Å². The van der Waals surface area contributed by atoms with Gasteiger partial charge in [0.2, 0.25) is 5.92 Å². The number of amides is 2. The molecule has 1 heterocycles. The van der Waals surface area contributed by atoms with E-state index in [9.17, 15) is 18.4 Å². The first-order valence-electron chi connectivity index (χ1n) is 10.1. The first kappa shape index (κ1) is 19.0. The number of carbonyl (C=O) groups excluding carboxylic acids is 2. The third-order valence-corrected chi connectivity index (χ3v) is 6.52. The van der Waals surface area contributed by atoms with E-state index >= 15 is 0 Å². The van der Waals surface area contributed by atoms with Crippen LogP contribution in [0.4, 0.5) is 8.78 Å². The van der Waals surface area contributed by atoms with Crippen LogP contribution in [-0.2, 0) is 0 Å². The molecule has 4 atom stereocenters. The van der Waals surface area contributed by atoms with Crippen LogP contribution < -0.4 is 15.4 Å². The lowest BCUT2D eigenvalue weighted by molar-refractivity contribution is -0.00623. The summed E-state index contributed by atoms with van der Waals surface area (Å²) < 4.78 is 32.7. The van der Waals surface area contributed by atoms with E-state index in [1.54, 1.807) is 6.07 Å². The van der Waals surface area contributed by atoms with Gasteiger partial charge in [-0.05, 0) is 29.5 Å². The second-order valence-corrected chi connectivity index (χ2v) is 8.39. The smallest absolute Gasteiger partial charge is 0.254 e. The van der Waals surface area contributed by atoms with Gasteiger partial charge in [0.1, 0.15) is 5.75 Å². The molecule has 2 fully saturated rings. The second-order valence-electron chi connectivity index (χ2n) is 8.39. The van der Waals surface area contributed by atoms with Crippen molar-refractivity contribution in [3.8, 4) is 5.75 Å². The highest BCUT2D eigenvalue weighted by molar-refractivity contribution is 6.02. The van der Waals surface area contributed by atoms with Gasteiger partial charge in [0.25, 0.3) is 11.8 Å². The van der Waals surface area contributed by atoms with Gasteiger partial charge in [-0.3, -0.25) is 9.59 Å². The van der Waals surface area contributed by atoms with E-state index in [-0.39, 0.29) is 48.5 Å². The maximum absolute atomic E-state index is 13.4. The quantitative estimate of drug-likeness (QED) is 0.810. The summed E-state index contributed by atoms with van der Waals surface area (Å²) in [5.74, 6) is -3.20. The van der Waals surface area contributed by atoms with E-state index in [4.69, 9.17) is 4.74 Å². The van der Waals surface area contributed by atoms with Crippen LogP contribution in [0, 0.1) is 11.8 Å². The molecular formula is C23H22F2N2O3. The van der Waals surface area contributed by atoms with Crippen LogP contribution in [0.5, 0.6) is 5.75 Å². The molecule has 0 spiro atoms. The summed E-state index contributed by atoms with van der Waals surface area (Å²) in [6, 6.07) is 12.8. The molecule has 5 rings (SSSR count). The third kappa shape index (κ3) is 3.13. The zero-order valence-corrected chi connectivity index (χ0v) is 16.5. The summed E-state index contributed by atoms with van der Waals surface area (Å²) in [6.07, 6.45) is -0.333. The molecule has 156 valence electrons. The zero-order valence-electron chi connectivity index (χ0n) is 16.5. The summed E-state index contributed by atoms with van der Waals surface area (Å²) >= 11 is 0. The number of halogens is 2. The lowest BCUT2D eigenvalue weighted by Gasteiger charge is -2.15. The number of alkyl halides is 2. The van der Waals surface area contributed by atoms with E-state index in [0.717, 1.165) is 11.1 Å². The molecule has 0 saturated heterocycles. The third-order valence-electron chi connectivity index (χ3n) is 6.52. The van der Waals surface area contributed by atoms with Gasteiger partial charge in [-0.1, -0.05) is 30.3 Å². The van der Waals surface area contributed by atoms with Crippen molar-refractivity contribution in [2.24, 2.45) is 11.8 Å². The number of hydrogen-bond acceptors (Lipinski definition) is 3. The number of rotatable bonds is 4. The van der Waals surface area contributed by atoms with E-state index in [2.05, 4.69) is 10.6 Å². The van der Waals surface area contributed by atoms with Crippen LogP contribution in [0.2, 0.25) is 0 Å². The molecule has 0 radical (unpaired) electrons. The lowest BCUT2D eigenvalue weighted by atomic mass is 9.90. The summed E-state index contributed by atoms with van der Waals surface area (Å²) in [4.78, 5) is 25.4. The van der Waals surface area contributed by atoms with Crippen molar-refractivity contribution in [2.45, 2.75) is 30.7 Å². The highest BCUT2D eigenvalue weighted by Gasteiger charge is 2.63. The second kappa shape index (κ2) is 6.79. The van der Waals surface area contributed by atoms with Crippen LogP contribution >= 0.6 is 0 Å². The van der Waals surface area contributed by atoms with Crippen LogP contribution in [-0.4, -0.2) is 37.4 Å². The largest absolute Gasteiger partial charge is 0.491 e. The first-order chi connectivity index (χ1) is 14.4. The number of nitrogens with one attached hydrogen (secondary N) is 2. The van der Waals surface area contributed by atoms with E-state index < -0.39 is 5.92 Å². The number of hydrogen-bond donors (Lipinski definition) is 2. The Bertz CT molecular complexity index is 1010. The Kier molecular flexibility index (Phi) is 4.31. The van der Waals surface area contributed by atoms with Crippen molar-refractivity contribution in [3.05, 3.63) is 64.7 Å². The van der Waals surface area contributed by atoms with E-state index in [1.165, 1.54) is 13.1 Å². The van der Waals surface area contributed by atoms with Crippen molar-refractivity contribution in [3.63, 3.8) is 0 Å². The Hall–Kier alpha value is -2.96. The maximum atomic E-state index is 13.4. The van der Waals surface area contributed by atoms with Gasteiger partial charge in [0.05, 0.1) is 12.2 Å². The van der Waals surface area contributed by atoms with Crippen molar-refractivity contribution >= 4 is 11.8 Å². The molecule has 2 aromatic rings. The average Bonchev–Trinajstić information content (AvgIpc) is 3.09. The fraction of sp³-hybridized carbons (Fsp3) is 0.391. The zero-order chi connectivity index (χ0) is 21.0. The Balaban J connectivity index is 1.45. The molecule has 3 aliphatic rings. The molecule has 2 amide bonds. The standard InChI is InChI=1S/C23H22F2N2O3/c1-26-22(29)15-8-13(21(28)27-19-16-9-23(24,25)10-17(16)19)7-14-18(11-30-20(14)15)12-5-3-2-4-6-12/h2-8,16-19H,9-11H2,1H3,(H,26,29)(H,27,28)/t16-,17+,18?,19?. The van der Waals surface area contributed by atoms with E-state index in [0.29, 0.717) is 23.5 Å². The maximum Gasteiger partial charge on any atom is 0.254 e. The predicted octanol–water partition coefficient (Wildman–Crippen LogP) is 3.34. The lowest BCUT2D eigenvalue weighted by Crippen LogP contribution is -2.31. The number of benzene rings is 2. The Labute approximate surface area is 172 Å². The first-order valence-corrected chi connectivity index (χ1v) is 10.1. The molecule has 2 aliphatic carbocycles. The average molecular weight is 412 g/mol. The molecule has 2 saturated carbocycles. The van der Waals surface area contributed by atoms with Crippen LogP contribution in [0.25, 0.3) is 0 Å². The molecule has 0 bridgehead atoms. The number of carbonyl (C=O) groups is 2. The van der Waals surface area contributed by atoms with Gasteiger partial charge >= 0.3 is 0 Å². The van der Waals surface area contributed by atoms with Crippen molar-refractivity contribution < 1.29 is 23.1 Å². The SMILES string of the molecule is CNC(=O)c1cc(C(=O)NC2[C@H]3CC(F)(F)C[C@@H]23)cc2c1OCC2c1ccccc1. The number of fused-ring (bicyclic) bond motifs is 2. The molecule has 2 unspecified atom stereocenters. The summed E-state index contributed by atoms with van der Waals surface area (Å²) in [5, 5.41) is 5.49. The topological polar surface area (TPSA) is 67.4 Å². The molecule has 5 nitrogen and oxygen atoms in total. The molecule has 2 aromatic carbocycles. The Morgan fingerprint density at radius 1 is 1.07 bits per heavy atom. The fourth-order valence-electron chi connectivity index (χ4n) is 4.95. The van der Waals surface area contributed by atoms with Gasteiger partial charge < -0.3 is 15.4 Å². The van der Waals surface area contributed by atoms with Gasteiger partial charge in [0, 0.05) is 43.0 Å². The summed E-state index contributed by atoms with van der Waals surface area (Å²) in [6.45, 7) is 0.385. The highest BCUT2D eigenvalue weighted by Crippen LogP contribution is 2.58. The number of ether oxygens (including phenoxy) is 1. The molecule has 0 aromatic heterocycles. The van der Waals surface area contributed by atoms with Crippen molar-refractivity contribution in [2.75, 3.05) is 13.7 Å². The van der Waals surface area contributed by atoms with Crippen molar-refractivity contribution in [1.82, 2.24) is 10.6 Å². The highest BCUT2D eigenvalue weighted by atomic mass is 19.3. The minimum Gasteiger partial charge on any atom is -0.491 e. The normalized spacial score (nSPS) is 27.6. The monoisotopic (exact) mass is 412 g/mol. The summed E-state index contributed by atoms with van der Waals surface area (Å²) in [7, 11) is 1.52. The molecular weight excluding hydrogens is 390 g/mol. The van der Waals surface area contributed by atoms with E-state index in [1.807, 2.05) is 30.3 Å². The molecule has 2 N–H and O–H groups in total. The molecule has 7 heteroatoms. The van der Waals surface area contributed by atoms with Gasteiger partial charge in [-0.2, -0.15) is 0 Å². The fourth-order valence-corrected chi connectivity index (χ4v) is 4.95. The molecule has 30 heavy (non-hydrogen) atoms. The minimum atomic E-state index is -2.61. The van der Waals surface area contributed by atoms with Crippen LogP contribution in [0.3, 0.4) is 0 Å². The molecule has 1 aliphatic heterocycles. The van der Waals surface area contributed by atoms with Gasteiger partial charge in [-0.15, -0.1) is 0 Å². The Morgan fingerprint density at radius 3 is 2.43 bits per heavy atom. The van der Waals surface area contributed by atoms with Crippen LogP contribution in [0.1, 0.15) is 50.6 Å². The van der Waals surface area contributed by atoms with Gasteiger partial charge in [0.15, 0.2) is 0 Å². The minimum absolute atomic E-state index is 0.0867. The van der Waals surface area contributed by atoms with Crippen molar-refractivity contribution in [1.29, 1.82) is 0 Å². The van der Waals surface area contributed by atoms with Gasteiger partial charge in [-0.25, -0.2) is 8.78 Å². The Morgan fingerprint density at radius 2 is 1.77 bits per heavy atom.